The molecule has 2 N–H and O–H groups in total. The number of methoxy groups -OCH3 is 1. The molecule has 2 rings (SSSR count). The summed E-state index contributed by atoms with van der Waals surface area (Å²) in [5, 5.41) is 0. The smallest absolute Gasteiger partial charge is 0.220 e. The normalized spacial score (nSPS) is 24.3. The van der Waals surface area contributed by atoms with Gasteiger partial charge in [0.2, 0.25) is 5.91 Å². The first-order valence-corrected chi connectivity index (χ1v) is 5.47. The lowest BCUT2D eigenvalue weighted by Gasteiger charge is -2.10. The van der Waals surface area contributed by atoms with Gasteiger partial charge in [-0.3, -0.25) is 4.79 Å². The number of rotatable bonds is 3. The molecule has 1 amide bonds. The fraction of sp³-hybridized carbons (Fsp3) is 0.385. The van der Waals surface area contributed by atoms with Crippen molar-refractivity contribution in [3.05, 3.63) is 36.2 Å². The lowest BCUT2D eigenvalue weighted by Crippen LogP contribution is -2.20. The zero-order chi connectivity index (χ0) is 11.5. The number of primary amides is 1. The number of hydrogen-bond donors (Lipinski definition) is 1. The van der Waals surface area contributed by atoms with Crippen LogP contribution in [0.1, 0.15) is 24.3 Å². The van der Waals surface area contributed by atoms with Gasteiger partial charge in [-0.2, -0.15) is 0 Å². The van der Waals surface area contributed by atoms with Gasteiger partial charge in [0.25, 0.3) is 0 Å². The van der Waals surface area contributed by atoms with Crippen LogP contribution in [0.4, 0.5) is 0 Å². The van der Waals surface area contributed by atoms with E-state index in [0.717, 1.165) is 18.6 Å². The van der Waals surface area contributed by atoms with Crippen molar-refractivity contribution in [2.45, 2.75) is 18.8 Å². The summed E-state index contributed by atoms with van der Waals surface area (Å²) in [5.74, 6) is 1.00. The van der Waals surface area contributed by atoms with Crippen LogP contribution in [0.25, 0.3) is 0 Å². The SMILES string of the molecule is COc1ccc(C2C[CH]C(C(N)=O)C2)cc1. The second kappa shape index (κ2) is 4.56. The van der Waals surface area contributed by atoms with Crippen LogP contribution in [-0.2, 0) is 4.79 Å². The van der Waals surface area contributed by atoms with Crippen LogP contribution < -0.4 is 10.5 Å². The molecule has 85 valence electrons. The number of carbonyl (C=O) groups excluding carboxylic acids is 1. The van der Waals surface area contributed by atoms with Crippen molar-refractivity contribution in [2.24, 2.45) is 11.7 Å². The first-order chi connectivity index (χ1) is 7.70. The Morgan fingerprint density at radius 2 is 2.06 bits per heavy atom. The lowest BCUT2D eigenvalue weighted by atomic mass is 9.96. The Labute approximate surface area is 95.6 Å². The summed E-state index contributed by atoms with van der Waals surface area (Å²) in [4.78, 5) is 11.0. The van der Waals surface area contributed by atoms with E-state index in [9.17, 15) is 4.79 Å². The molecule has 0 saturated heterocycles. The second-order valence-electron chi connectivity index (χ2n) is 4.19. The van der Waals surface area contributed by atoms with Crippen molar-refractivity contribution < 1.29 is 9.53 Å². The zero-order valence-corrected chi connectivity index (χ0v) is 9.35. The molecule has 1 saturated carbocycles. The fourth-order valence-electron chi connectivity index (χ4n) is 2.21. The number of carbonyl (C=O) groups is 1. The summed E-state index contributed by atoms with van der Waals surface area (Å²) in [6.07, 6.45) is 3.79. The molecule has 3 nitrogen and oxygen atoms in total. The van der Waals surface area contributed by atoms with E-state index in [1.54, 1.807) is 7.11 Å². The van der Waals surface area contributed by atoms with Gasteiger partial charge in [-0.05, 0) is 42.9 Å². The van der Waals surface area contributed by atoms with Crippen LogP contribution >= 0.6 is 0 Å². The quantitative estimate of drug-likeness (QED) is 0.842. The molecule has 0 heterocycles. The van der Waals surface area contributed by atoms with E-state index in [-0.39, 0.29) is 11.8 Å². The Morgan fingerprint density at radius 3 is 2.56 bits per heavy atom. The van der Waals surface area contributed by atoms with E-state index < -0.39 is 0 Å². The van der Waals surface area contributed by atoms with E-state index >= 15 is 0 Å². The minimum Gasteiger partial charge on any atom is -0.497 e. The van der Waals surface area contributed by atoms with Crippen LogP contribution in [0.5, 0.6) is 5.75 Å². The van der Waals surface area contributed by atoms with Gasteiger partial charge in [-0.15, -0.1) is 0 Å². The van der Waals surface area contributed by atoms with Crippen molar-refractivity contribution >= 4 is 5.91 Å². The highest BCUT2D eigenvalue weighted by Gasteiger charge is 2.29. The summed E-state index contributed by atoms with van der Waals surface area (Å²) < 4.78 is 5.11. The largest absolute Gasteiger partial charge is 0.497 e. The van der Waals surface area contributed by atoms with Crippen LogP contribution in [-0.4, -0.2) is 13.0 Å². The first kappa shape index (κ1) is 11.0. The molecule has 1 radical (unpaired) electrons. The Bertz CT molecular complexity index is 372. The van der Waals surface area contributed by atoms with Crippen molar-refractivity contribution in [1.82, 2.24) is 0 Å². The van der Waals surface area contributed by atoms with Gasteiger partial charge in [0.15, 0.2) is 0 Å². The van der Waals surface area contributed by atoms with E-state index in [1.165, 1.54) is 5.56 Å². The van der Waals surface area contributed by atoms with Gasteiger partial charge in [0.1, 0.15) is 5.75 Å². The number of benzene rings is 1. The predicted molar refractivity (Wildman–Crippen MR) is 62.0 cm³/mol. The third kappa shape index (κ3) is 2.18. The minimum atomic E-state index is -0.212. The molecule has 2 atom stereocenters. The third-order valence-corrected chi connectivity index (χ3v) is 3.20. The van der Waals surface area contributed by atoms with E-state index in [2.05, 4.69) is 12.1 Å². The van der Waals surface area contributed by atoms with Gasteiger partial charge in [0, 0.05) is 5.92 Å². The first-order valence-electron chi connectivity index (χ1n) is 5.47. The fourth-order valence-corrected chi connectivity index (χ4v) is 2.21. The maximum Gasteiger partial charge on any atom is 0.220 e. The average molecular weight is 218 g/mol. The summed E-state index contributed by atoms with van der Waals surface area (Å²) in [6.45, 7) is 0. The molecule has 0 spiro atoms. The monoisotopic (exact) mass is 218 g/mol. The van der Waals surface area contributed by atoms with Crippen molar-refractivity contribution in [3.63, 3.8) is 0 Å². The summed E-state index contributed by atoms with van der Waals surface area (Å²) >= 11 is 0. The standard InChI is InChI=1S/C13H16NO2/c1-16-12-6-4-9(5-7-12)10-2-3-11(8-10)13(14)15/h3-7,10-11H,2,8H2,1H3,(H2,14,15). The lowest BCUT2D eigenvalue weighted by molar-refractivity contribution is -0.120. The minimum absolute atomic E-state index is 0.0629. The zero-order valence-electron chi connectivity index (χ0n) is 9.35. The molecular weight excluding hydrogens is 202 g/mol. The van der Waals surface area contributed by atoms with Crippen LogP contribution in [0.15, 0.2) is 24.3 Å². The summed E-state index contributed by atoms with van der Waals surface area (Å²) in [7, 11) is 1.65. The molecule has 0 aromatic heterocycles. The van der Waals surface area contributed by atoms with Crippen molar-refractivity contribution in [1.29, 1.82) is 0 Å². The molecule has 1 aromatic carbocycles. The predicted octanol–water partition coefficient (Wildman–Crippen LogP) is 1.88. The number of amides is 1. The molecule has 1 aliphatic carbocycles. The Hall–Kier alpha value is -1.51. The highest BCUT2D eigenvalue weighted by molar-refractivity contribution is 5.78. The summed E-state index contributed by atoms with van der Waals surface area (Å²) in [5.41, 5.74) is 6.54. The average Bonchev–Trinajstić information content (AvgIpc) is 2.78. The Kier molecular flexibility index (Phi) is 3.13. The maximum absolute atomic E-state index is 11.0. The third-order valence-electron chi connectivity index (χ3n) is 3.20. The van der Waals surface area contributed by atoms with Crippen molar-refractivity contribution in [3.8, 4) is 5.75 Å². The van der Waals surface area contributed by atoms with Crippen molar-refractivity contribution in [2.75, 3.05) is 7.11 Å². The molecule has 2 unspecified atom stereocenters. The highest BCUT2D eigenvalue weighted by atomic mass is 16.5. The number of hydrogen-bond acceptors (Lipinski definition) is 2. The van der Waals surface area contributed by atoms with Crippen LogP contribution in [0.2, 0.25) is 0 Å². The Balaban J connectivity index is 2.05. The van der Waals surface area contributed by atoms with E-state index in [0.29, 0.717) is 5.92 Å². The molecule has 0 bridgehead atoms. The molecule has 3 heteroatoms. The van der Waals surface area contributed by atoms with E-state index in [1.807, 2.05) is 18.6 Å². The molecule has 0 aliphatic heterocycles. The number of ether oxygens (including phenoxy) is 1. The molecule has 1 aliphatic rings. The maximum atomic E-state index is 11.0. The second-order valence-corrected chi connectivity index (χ2v) is 4.19. The molecule has 16 heavy (non-hydrogen) atoms. The van der Waals surface area contributed by atoms with Gasteiger partial charge >= 0.3 is 0 Å². The van der Waals surface area contributed by atoms with Gasteiger partial charge in [0.05, 0.1) is 7.11 Å². The number of nitrogens with two attached hydrogens (primary N) is 1. The summed E-state index contributed by atoms with van der Waals surface area (Å²) in [6, 6.07) is 8.02. The highest BCUT2D eigenvalue weighted by Crippen LogP contribution is 2.37. The van der Waals surface area contributed by atoms with Crippen LogP contribution in [0.3, 0.4) is 0 Å². The Morgan fingerprint density at radius 1 is 1.38 bits per heavy atom. The van der Waals surface area contributed by atoms with Gasteiger partial charge in [-0.1, -0.05) is 12.1 Å². The topological polar surface area (TPSA) is 52.3 Å². The van der Waals surface area contributed by atoms with Gasteiger partial charge in [-0.25, -0.2) is 0 Å². The molecule has 1 fully saturated rings. The van der Waals surface area contributed by atoms with E-state index in [4.69, 9.17) is 10.5 Å². The molecule has 1 aromatic rings. The van der Waals surface area contributed by atoms with Gasteiger partial charge < -0.3 is 10.5 Å². The van der Waals surface area contributed by atoms with Crippen LogP contribution in [0, 0.1) is 12.3 Å². The molecular formula is C13H16NO2.